The number of hydrogen-bond acceptors (Lipinski definition) is 8. The van der Waals surface area contributed by atoms with E-state index in [1.807, 2.05) is 39.8 Å². The van der Waals surface area contributed by atoms with Gasteiger partial charge in [0.15, 0.2) is 10.3 Å². The maximum absolute atomic E-state index is 13.5. The van der Waals surface area contributed by atoms with E-state index in [9.17, 15) is 19.2 Å². The lowest BCUT2D eigenvalue weighted by Crippen LogP contribution is -2.33. The lowest BCUT2D eigenvalue weighted by molar-refractivity contribution is -0.120. The van der Waals surface area contributed by atoms with Crippen molar-refractivity contribution in [2.24, 2.45) is 0 Å². The van der Waals surface area contributed by atoms with Gasteiger partial charge in [0, 0.05) is 25.2 Å². The van der Waals surface area contributed by atoms with Crippen LogP contribution in [-0.2, 0) is 22.7 Å². The first kappa shape index (κ1) is 32.3. The van der Waals surface area contributed by atoms with Crippen LogP contribution in [0.1, 0.15) is 47.0 Å². The minimum absolute atomic E-state index is 0.0573. The van der Waals surface area contributed by atoms with Crippen LogP contribution in [0.5, 0.6) is 0 Å². The molecule has 12 heteroatoms. The number of nitrogens with one attached hydrogen (secondary N) is 2. The Morgan fingerprint density at radius 3 is 1.51 bits per heavy atom. The molecule has 228 valence electrons. The summed E-state index contributed by atoms with van der Waals surface area (Å²) >= 11 is 2.44. The van der Waals surface area contributed by atoms with Crippen LogP contribution in [0.25, 0.3) is 21.8 Å². The molecule has 0 bridgehead atoms. The van der Waals surface area contributed by atoms with Gasteiger partial charge in [0.25, 0.3) is 11.1 Å². The highest BCUT2D eigenvalue weighted by Crippen LogP contribution is 2.20. The highest BCUT2D eigenvalue weighted by Gasteiger charge is 2.17. The molecule has 43 heavy (non-hydrogen) atoms. The average Bonchev–Trinajstić information content (AvgIpc) is 3.01. The van der Waals surface area contributed by atoms with Gasteiger partial charge in [0.05, 0.1) is 33.3 Å². The summed E-state index contributed by atoms with van der Waals surface area (Å²) < 4.78 is 3.16. The predicted octanol–water partition coefficient (Wildman–Crippen LogP) is 4.21. The number of amides is 2. The van der Waals surface area contributed by atoms with E-state index >= 15 is 0 Å². The zero-order chi connectivity index (χ0) is 30.9. The number of para-hydroxylation sites is 2. The Hall–Kier alpha value is -3.64. The van der Waals surface area contributed by atoms with Crippen molar-refractivity contribution in [1.29, 1.82) is 0 Å². The number of aromatic nitrogens is 4. The van der Waals surface area contributed by atoms with Gasteiger partial charge in [-0.1, -0.05) is 61.6 Å². The molecule has 2 amide bonds. The van der Waals surface area contributed by atoms with Gasteiger partial charge in [-0.15, -0.1) is 0 Å². The van der Waals surface area contributed by atoms with Crippen molar-refractivity contribution >= 4 is 57.1 Å². The number of carbonyl (C=O) groups is 2. The summed E-state index contributed by atoms with van der Waals surface area (Å²) in [4.78, 5) is 61.5. The topological polar surface area (TPSA) is 128 Å². The molecule has 2 heterocycles. The molecule has 0 aliphatic rings. The van der Waals surface area contributed by atoms with Crippen LogP contribution in [0.2, 0.25) is 0 Å². The van der Waals surface area contributed by atoms with Crippen LogP contribution in [0.4, 0.5) is 0 Å². The number of fused-ring (bicyclic) bond motifs is 2. The van der Waals surface area contributed by atoms with Crippen LogP contribution >= 0.6 is 23.5 Å². The van der Waals surface area contributed by atoms with Gasteiger partial charge >= 0.3 is 0 Å². The van der Waals surface area contributed by atoms with Crippen molar-refractivity contribution in [3.63, 3.8) is 0 Å². The molecule has 2 aromatic heterocycles. The number of rotatable bonds is 14. The van der Waals surface area contributed by atoms with Gasteiger partial charge in [-0.25, -0.2) is 9.97 Å². The van der Waals surface area contributed by atoms with E-state index in [0.29, 0.717) is 38.5 Å². The summed E-state index contributed by atoms with van der Waals surface area (Å²) in [6.07, 6.45) is 2.07. The summed E-state index contributed by atoms with van der Waals surface area (Å²) in [5.41, 5.74) is 0.738. The van der Waals surface area contributed by atoms with Crippen LogP contribution in [-0.4, -0.2) is 54.5 Å². The molecule has 10 nitrogen and oxygen atoms in total. The van der Waals surface area contributed by atoms with Crippen molar-refractivity contribution < 1.29 is 9.59 Å². The molecule has 0 spiro atoms. The molecule has 0 radical (unpaired) electrons. The first-order chi connectivity index (χ1) is 20.7. The zero-order valence-corrected chi connectivity index (χ0v) is 26.6. The summed E-state index contributed by atoms with van der Waals surface area (Å²) in [6, 6.07) is 14.4. The Balaban J connectivity index is 1.59. The smallest absolute Gasteiger partial charge is 0.262 e. The largest absolute Gasteiger partial charge is 0.353 e. The van der Waals surface area contributed by atoms with Crippen LogP contribution < -0.4 is 21.8 Å². The third-order valence-corrected chi connectivity index (χ3v) is 9.07. The van der Waals surface area contributed by atoms with Crippen molar-refractivity contribution in [2.45, 2.75) is 82.4 Å². The summed E-state index contributed by atoms with van der Waals surface area (Å²) in [5.74, 6) is 0.00740. The quantitative estimate of drug-likeness (QED) is 0.158. The van der Waals surface area contributed by atoms with Gasteiger partial charge in [-0.05, 0) is 57.4 Å². The number of hydrogen-bond donors (Lipinski definition) is 2. The van der Waals surface area contributed by atoms with Gasteiger partial charge in [-0.3, -0.25) is 28.3 Å². The van der Waals surface area contributed by atoms with Crippen molar-refractivity contribution in [3.05, 3.63) is 69.2 Å². The monoisotopic (exact) mass is 622 g/mol. The molecule has 4 aromatic rings. The molecule has 0 saturated carbocycles. The third-order valence-electron chi connectivity index (χ3n) is 7.12. The highest BCUT2D eigenvalue weighted by molar-refractivity contribution is 8.00. The third kappa shape index (κ3) is 8.26. The number of nitrogens with zero attached hydrogens (tertiary/aromatic N) is 4. The van der Waals surface area contributed by atoms with E-state index in [1.54, 1.807) is 45.5 Å². The number of benzene rings is 2. The summed E-state index contributed by atoms with van der Waals surface area (Å²) in [5, 5.41) is 7.77. The Morgan fingerprint density at radius 2 is 1.12 bits per heavy atom. The van der Waals surface area contributed by atoms with Crippen molar-refractivity contribution in [2.75, 3.05) is 11.5 Å². The SMILES string of the molecule is CC[C@H](C)NC(=O)CSc1nc2ccccc2c(=O)n1CCCn1c(SCC(=O)N[C@@H](C)CC)nc2ccccc2c1=O. The Morgan fingerprint density at radius 1 is 0.721 bits per heavy atom. The summed E-state index contributed by atoms with van der Waals surface area (Å²) in [7, 11) is 0. The number of carbonyl (C=O) groups excluding carboxylic acids is 2. The fraction of sp³-hybridized carbons (Fsp3) is 0.419. The molecule has 2 N–H and O–H groups in total. The second-order valence-electron chi connectivity index (χ2n) is 10.4. The van der Waals surface area contributed by atoms with E-state index in [-0.39, 0.29) is 59.6 Å². The second kappa shape index (κ2) is 15.2. The first-order valence-electron chi connectivity index (χ1n) is 14.5. The minimum atomic E-state index is -0.198. The van der Waals surface area contributed by atoms with Crippen LogP contribution in [0.15, 0.2) is 68.4 Å². The van der Waals surface area contributed by atoms with Gasteiger partial charge in [0.2, 0.25) is 11.8 Å². The average molecular weight is 623 g/mol. The van der Waals surface area contributed by atoms with Crippen molar-refractivity contribution in [3.8, 4) is 0 Å². The fourth-order valence-corrected chi connectivity index (χ4v) is 6.07. The molecule has 0 saturated heterocycles. The van der Waals surface area contributed by atoms with E-state index in [0.717, 1.165) is 12.8 Å². The molecule has 0 aliphatic carbocycles. The lowest BCUT2D eigenvalue weighted by Gasteiger charge is -2.16. The molecule has 4 rings (SSSR count). The normalized spacial score (nSPS) is 12.7. The minimum Gasteiger partial charge on any atom is -0.353 e. The maximum Gasteiger partial charge on any atom is 0.262 e. The van der Waals surface area contributed by atoms with Crippen LogP contribution in [0.3, 0.4) is 0 Å². The van der Waals surface area contributed by atoms with Gasteiger partial charge < -0.3 is 10.6 Å². The predicted molar refractivity (Wildman–Crippen MR) is 174 cm³/mol. The Kier molecular flexibility index (Phi) is 11.4. The molecular formula is C31H38N6O4S2. The van der Waals surface area contributed by atoms with Gasteiger partial charge in [-0.2, -0.15) is 0 Å². The fourth-order valence-electron chi connectivity index (χ4n) is 4.39. The Bertz CT molecular complexity index is 1600. The van der Waals surface area contributed by atoms with E-state index in [1.165, 1.54) is 23.5 Å². The van der Waals surface area contributed by atoms with E-state index in [2.05, 4.69) is 10.6 Å². The zero-order valence-electron chi connectivity index (χ0n) is 25.0. The Labute approximate surface area is 259 Å². The molecule has 0 aliphatic heterocycles. The highest BCUT2D eigenvalue weighted by atomic mass is 32.2. The van der Waals surface area contributed by atoms with E-state index < -0.39 is 0 Å². The molecular weight excluding hydrogens is 585 g/mol. The molecule has 2 atom stereocenters. The first-order valence-corrected chi connectivity index (χ1v) is 16.5. The van der Waals surface area contributed by atoms with Gasteiger partial charge in [0.1, 0.15) is 0 Å². The lowest BCUT2D eigenvalue weighted by atomic mass is 10.2. The van der Waals surface area contributed by atoms with E-state index in [4.69, 9.17) is 9.97 Å². The number of thioether (sulfide) groups is 2. The maximum atomic E-state index is 13.5. The van der Waals surface area contributed by atoms with Crippen molar-refractivity contribution in [1.82, 2.24) is 29.7 Å². The summed E-state index contributed by atoms with van der Waals surface area (Å²) in [6.45, 7) is 8.46. The molecule has 0 fully saturated rings. The standard InChI is InChI=1S/C31H38N6O4S2/c1-5-20(3)32-26(38)18-42-30-34-24-14-9-7-12-22(24)28(40)36(30)16-11-17-37-29(41)23-13-8-10-15-25(23)35-31(37)43-19-27(39)33-21(4)6-2/h7-10,12-15,20-21H,5-6,11,16-19H2,1-4H3,(H,32,38)(H,33,39)/t20-,21-/m0/s1. The molecule has 2 aromatic carbocycles. The van der Waals surface area contributed by atoms with Crippen LogP contribution in [0, 0.1) is 0 Å². The second-order valence-corrected chi connectivity index (χ2v) is 12.3. The molecule has 0 unspecified atom stereocenters.